The molecule has 0 spiro atoms. The predicted molar refractivity (Wildman–Crippen MR) is 103 cm³/mol. The molecule has 0 amide bonds. The number of carbonyl (C=O) groups excluding carboxylic acids is 3. The molecule has 1 aromatic rings. The van der Waals surface area contributed by atoms with Gasteiger partial charge in [0.2, 0.25) is 0 Å². The van der Waals surface area contributed by atoms with Crippen LogP contribution in [0.3, 0.4) is 0 Å². The lowest BCUT2D eigenvalue weighted by molar-refractivity contribution is -0.144. The van der Waals surface area contributed by atoms with E-state index in [0.29, 0.717) is 24.3 Å². The van der Waals surface area contributed by atoms with Crippen LogP contribution in [0.5, 0.6) is 0 Å². The van der Waals surface area contributed by atoms with Gasteiger partial charge < -0.3 is 4.74 Å². The van der Waals surface area contributed by atoms with Crippen LogP contribution >= 0.6 is 0 Å². The smallest absolute Gasteiger partial charge is 0.313 e. The summed E-state index contributed by atoms with van der Waals surface area (Å²) < 4.78 is 5.39. The number of carbonyl (C=O) groups is 3. The Labute approximate surface area is 159 Å². The van der Waals surface area contributed by atoms with E-state index in [9.17, 15) is 14.4 Å². The fourth-order valence-electron chi connectivity index (χ4n) is 3.53. The zero-order valence-electron chi connectivity index (χ0n) is 15.9. The molecule has 1 saturated carbocycles. The minimum atomic E-state index is -0.373. The molecule has 3 rings (SSSR count). The maximum atomic E-state index is 12.3. The van der Waals surface area contributed by atoms with Crippen molar-refractivity contribution in [2.45, 2.75) is 51.9 Å². The summed E-state index contributed by atoms with van der Waals surface area (Å²) in [5.41, 5.74) is 3.36. The van der Waals surface area contributed by atoms with Gasteiger partial charge in [0, 0.05) is 31.9 Å². The van der Waals surface area contributed by atoms with Gasteiger partial charge in [-0.1, -0.05) is 24.3 Å². The average Bonchev–Trinajstić information content (AvgIpc) is 3.29. The quantitative estimate of drug-likeness (QED) is 0.691. The van der Waals surface area contributed by atoms with E-state index in [-0.39, 0.29) is 30.2 Å². The number of aliphatic imine (C=N–C) groups is 1. The van der Waals surface area contributed by atoms with Crippen LogP contribution < -0.4 is 0 Å². The van der Waals surface area contributed by atoms with Crippen molar-refractivity contribution in [2.75, 3.05) is 6.61 Å². The molecule has 1 aromatic carbocycles. The Hall–Kier alpha value is -2.56. The number of Topliss-reactive ketones (excluding diaryl/α,β-unsaturated/α-hetero) is 2. The Bertz CT molecular complexity index is 804. The van der Waals surface area contributed by atoms with Crippen LogP contribution in [-0.2, 0) is 25.5 Å². The Kier molecular flexibility index (Phi) is 5.99. The molecule has 5 heteroatoms. The van der Waals surface area contributed by atoms with Gasteiger partial charge in [0.05, 0.1) is 11.6 Å². The molecule has 2 aliphatic rings. The van der Waals surface area contributed by atoms with E-state index in [4.69, 9.17) is 4.74 Å². The lowest BCUT2D eigenvalue weighted by Gasteiger charge is -2.13. The van der Waals surface area contributed by atoms with Gasteiger partial charge in [-0.15, -0.1) is 0 Å². The molecule has 0 N–H and O–H groups in total. The highest BCUT2D eigenvalue weighted by atomic mass is 16.5. The van der Waals surface area contributed by atoms with Gasteiger partial charge in [-0.25, -0.2) is 0 Å². The van der Waals surface area contributed by atoms with Crippen LogP contribution in [0.4, 0.5) is 0 Å². The van der Waals surface area contributed by atoms with Gasteiger partial charge >= 0.3 is 5.97 Å². The van der Waals surface area contributed by atoms with Gasteiger partial charge in [0.1, 0.15) is 12.4 Å². The highest BCUT2D eigenvalue weighted by Gasteiger charge is 2.24. The number of hydrogen-bond acceptors (Lipinski definition) is 5. The van der Waals surface area contributed by atoms with Gasteiger partial charge in [0.15, 0.2) is 5.78 Å². The van der Waals surface area contributed by atoms with Crippen LogP contribution in [0.2, 0.25) is 0 Å². The highest BCUT2D eigenvalue weighted by Crippen LogP contribution is 2.26. The average molecular weight is 367 g/mol. The van der Waals surface area contributed by atoms with Crippen molar-refractivity contribution in [3.63, 3.8) is 0 Å². The molecule has 0 aromatic heterocycles. The summed E-state index contributed by atoms with van der Waals surface area (Å²) in [6, 6.07) is 7.87. The third-order valence-corrected chi connectivity index (χ3v) is 5.35. The number of ether oxygens (including phenoxy) is 1. The van der Waals surface area contributed by atoms with Crippen LogP contribution in [0.15, 0.2) is 41.0 Å². The number of ketones is 2. The topological polar surface area (TPSA) is 72.8 Å². The van der Waals surface area contributed by atoms with Crippen molar-refractivity contribution < 1.29 is 19.1 Å². The summed E-state index contributed by atoms with van der Waals surface area (Å²) in [6.45, 7) is 3.46. The fourth-order valence-corrected chi connectivity index (χ4v) is 3.53. The summed E-state index contributed by atoms with van der Waals surface area (Å²) in [4.78, 5) is 39.4. The third kappa shape index (κ3) is 4.79. The Balaban J connectivity index is 1.50. The summed E-state index contributed by atoms with van der Waals surface area (Å²) >= 11 is 0. The number of benzene rings is 1. The third-order valence-electron chi connectivity index (χ3n) is 5.35. The highest BCUT2D eigenvalue weighted by molar-refractivity contribution is 6.40. The molecule has 142 valence electrons. The molecule has 0 saturated heterocycles. The van der Waals surface area contributed by atoms with Crippen molar-refractivity contribution in [3.8, 4) is 0 Å². The molecular formula is C22H25NO4. The first-order valence-electron chi connectivity index (χ1n) is 9.47. The Morgan fingerprint density at radius 2 is 2.00 bits per heavy atom. The van der Waals surface area contributed by atoms with Crippen LogP contribution in [0.25, 0.3) is 0 Å². The minimum absolute atomic E-state index is 0.0552. The van der Waals surface area contributed by atoms with Crippen molar-refractivity contribution in [2.24, 2.45) is 10.9 Å². The molecule has 0 radical (unpaired) electrons. The number of esters is 1. The molecule has 27 heavy (non-hydrogen) atoms. The van der Waals surface area contributed by atoms with E-state index in [1.54, 1.807) is 6.20 Å². The maximum Gasteiger partial charge on any atom is 0.313 e. The minimum Gasteiger partial charge on any atom is -0.461 e. The second kappa shape index (κ2) is 8.42. The summed E-state index contributed by atoms with van der Waals surface area (Å²) in [6.07, 6.45) is 5.53. The lowest BCUT2D eigenvalue weighted by Crippen LogP contribution is -2.16. The first kappa shape index (κ1) is 19.2. The van der Waals surface area contributed by atoms with Crippen LogP contribution in [0.1, 0.15) is 56.6 Å². The summed E-state index contributed by atoms with van der Waals surface area (Å²) in [5.74, 6) is -0.206. The molecule has 2 atom stereocenters. The maximum absolute atomic E-state index is 12.3. The standard InChI is InChI=1S/C22H25NO4/c1-14(22(26)27-13-17-11-20(15(2)24)23-12-17)18-8-6-16(7-9-18)10-19-4-3-5-21(19)25/h6-9,12,14,19H,3-5,10-11,13H2,1-2H3. The van der Waals surface area contributed by atoms with Gasteiger partial charge in [-0.3, -0.25) is 19.4 Å². The molecule has 1 heterocycles. The summed E-state index contributed by atoms with van der Waals surface area (Å²) in [7, 11) is 0. The molecule has 0 bridgehead atoms. The van der Waals surface area contributed by atoms with Crippen molar-refractivity contribution in [1.82, 2.24) is 0 Å². The zero-order valence-corrected chi connectivity index (χ0v) is 15.9. The first-order valence-corrected chi connectivity index (χ1v) is 9.47. The first-order chi connectivity index (χ1) is 12.9. The van der Waals surface area contributed by atoms with Gasteiger partial charge in [-0.2, -0.15) is 0 Å². The van der Waals surface area contributed by atoms with E-state index in [2.05, 4.69) is 4.99 Å². The predicted octanol–water partition coefficient (Wildman–Crippen LogP) is 3.56. The monoisotopic (exact) mass is 367 g/mol. The van der Waals surface area contributed by atoms with E-state index in [0.717, 1.165) is 36.0 Å². The molecule has 2 unspecified atom stereocenters. The van der Waals surface area contributed by atoms with Crippen molar-refractivity contribution in [1.29, 1.82) is 0 Å². The lowest BCUT2D eigenvalue weighted by atomic mass is 9.94. The van der Waals surface area contributed by atoms with Gasteiger partial charge in [0.25, 0.3) is 0 Å². The second-order valence-corrected chi connectivity index (χ2v) is 7.43. The largest absolute Gasteiger partial charge is 0.461 e. The van der Waals surface area contributed by atoms with Crippen molar-refractivity contribution in [3.05, 3.63) is 47.2 Å². The molecule has 5 nitrogen and oxygen atoms in total. The SMILES string of the molecule is CC(=O)C1=NC=C(COC(=O)C(C)c2ccc(CC3CCCC3=O)cc2)C1. The van der Waals surface area contributed by atoms with E-state index < -0.39 is 0 Å². The number of nitrogens with zero attached hydrogens (tertiary/aromatic N) is 1. The second-order valence-electron chi connectivity index (χ2n) is 7.43. The Morgan fingerprint density at radius 3 is 2.59 bits per heavy atom. The fraction of sp³-hybridized carbons (Fsp3) is 0.455. The number of hydrogen-bond donors (Lipinski definition) is 0. The summed E-state index contributed by atoms with van der Waals surface area (Å²) in [5, 5.41) is 0. The molecular weight excluding hydrogens is 342 g/mol. The van der Waals surface area contributed by atoms with E-state index in [1.807, 2.05) is 31.2 Å². The van der Waals surface area contributed by atoms with Crippen LogP contribution in [0, 0.1) is 5.92 Å². The Morgan fingerprint density at radius 1 is 1.26 bits per heavy atom. The van der Waals surface area contributed by atoms with E-state index in [1.165, 1.54) is 6.92 Å². The normalized spacial score (nSPS) is 20.2. The van der Waals surface area contributed by atoms with Crippen molar-refractivity contribution >= 4 is 23.2 Å². The van der Waals surface area contributed by atoms with Crippen LogP contribution in [-0.4, -0.2) is 29.9 Å². The van der Waals surface area contributed by atoms with E-state index >= 15 is 0 Å². The van der Waals surface area contributed by atoms with Gasteiger partial charge in [-0.05, 0) is 42.9 Å². The molecule has 1 aliphatic heterocycles. The zero-order chi connectivity index (χ0) is 19.4. The molecule has 1 aliphatic carbocycles. The molecule has 1 fully saturated rings. The number of rotatable bonds is 7.